The van der Waals surface area contributed by atoms with Crippen molar-refractivity contribution in [2.24, 2.45) is 4.99 Å². The van der Waals surface area contributed by atoms with E-state index in [1.54, 1.807) is 12.1 Å². The van der Waals surface area contributed by atoms with Crippen LogP contribution in [-0.4, -0.2) is 42.3 Å². The summed E-state index contributed by atoms with van der Waals surface area (Å²) < 4.78 is 0.974. The summed E-state index contributed by atoms with van der Waals surface area (Å²) in [6, 6.07) is 16.7. The molecule has 1 saturated heterocycles. The standard InChI is InChI=1S/C23H27BrN4O2/c24-19-11-13-20(14-12-19)26-23(27-22(30)18-8-3-1-4-9-18)25-15-7-17-28-16-6-2-5-10-21(28)29/h1,3-4,8-9,11-14H,2,5-7,10,15-17H2,(H2,25,26,27,30). The normalized spacial score (nSPS) is 14.9. The van der Waals surface area contributed by atoms with Gasteiger partial charge in [0.1, 0.15) is 0 Å². The summed E-state index contributed by atoms with van der Waals surface area (Å²) >= 11 is 3.42. The van der Waals surface area contributed by atoms with Crippen LogP contribution in [0.2, 0.25) is 0 Å². The van der Waals surface area contributed by atoms with Crippen molar-refractivity contribution in [2.75, 3.05) is 25.0 Å². The van der Waals surface area contributed by atoms with Gasteiger partial charge in [-0.2, -0.15) is 0 Å². The van der Waals surface area contributed by atoms with E-state index in [1.807, 2.05) is 47.4 Å². The number of benzene rings is 2. The lowest BCUT2D eigenvalue weighted by Gasteiger charge is -2.20. The Morgan fingerprint density at radius 1 is 1.03 bits per heavy atom. The maximum Gasteiger partial charge on any atom is 0.257 e. The van der Waals surface area contributed by atoms with E-state index in [9.17, 15) is 9.59 Å². The summed E-state index contributed by atoms with van der Waals surface area (Å²) in [6.07, 6.45) is 4.57. The van der Waals surface area contributed by atoms with Crippen molar-refractivity contribution in [3.63, 3.8) is 0 Å². The number of amides is 2. The molecule has 158 valence electrons. The molecule has 0 aliphatic carbocycles. The van der Waals surface area contributed by atoms with Crippen molar-refractivity contribution in [3.05, 3.63) is 64.6 Å². The van der Waals surface area contributed by atoms with E-state index in [-0.39, 0.29) is 11.8 Å². The third-order valence-electron chi connectivity index (χ3n) is 4.90. The van der Waals surface area contributed by atoms with Gasteiger partial charge in [0.25, 0.3) is 5.91 Å². The first-order valence-electron chi connectivity index (χ1n) is 10.3. The Bertz CT molecular complexity index is 869. The van der Waals surface area contributed by atoms with Crippen molar-refractivity contribution in [1.82, 2.24) is 10.2 Å². The van der Waals surface area contributed by atoms with Crippen LogP contribution in [-0.2, 0) is 4.79 Å². The van der Waals surface area contributed by atoms with Crippen molar-refractivity contribution < 1.29 is 9.59 Å². The molecule has 0 bridgehead atoms. The topological polar surface area (TPSA) is 73.8 Å². The summed E-state index contributed by atoms with van der Waals surface area (Å²) in [7, 11) is 0. The Morgan fingerprint density at radius 2 is 1.80 bits per heavy atom. The molecule has 3 rings (SSSR count). The van der Waals surface area contributed by atoms with Crippen LogP contribution < -0.4 is 10.6 Å². The number of likely N-dealkylation sites (tertiary alicyclic amines) is 1. The fourth-order valence-corrected chi connectivity index (χ4v) is 3.54. The maximum atomic E-state index is 12.6. The number of carbonyl (C=O) groups is 2. The number of nitrogens with zero attached hydrogens (tertiary/aromatic N) is 2. The molecule has 7 heteroatoms. The lowest BCUT2D eigenvalue weighted by molar-refractivity contribution is -0.130. The Labute approximate surface area is 185 Å². The van der Waals surface area contributed by atoms with Gasteiger partial charge in [-0.3, -0.25) is 19.9 Å². The molecule has 2 amide bonds. The molecule has 2 aromatic carbocycles. The molecule has 0 saturated carbocycles. The average molecular weight is 471 g/mol. The lowest BCUT2D eigenvalue weighted by Crippen LogP contribution is -2.36. The minimum atomic E-state index is -0.221. The van der Waals surface area contributed by atoms with Gasteiger partial charge in [-0.25, -0.2) is 0 Å². The van der Waals surface area contributed by atoms with Gasteiger partial charge in [-0.1, -0.05) is 40.5 Å². The number of anilines is 1. The van der Waals surface area contributed by atoms with E-state index < -0.39 is 0 Å². The van der Waals surface area contributed by atoms with Gasteiger partial charge in [0, 0.05) is 41.8 Å². The molecule has 2 aromatic rings. The Kier molecular flexibility index (Phi) is 8.44. The number of halogens is 1. The van der Waals surface area contributed by atoms with Gasteiger partial charge >= 0.3 is 0 Å². The molecular weight excluding hydrogens is 444 g/mol. The molecule has 0 atom stereocenters. The minimum absolute atomic E-state index is 0.221. The van der Waals surface area contributed by atoms with Crippen molar-refractivity contribution in [3.8, 4) is 0 Å². The quantitative estimate of drug-likeness (QED) is 0.372. The third kappa shape index (κ3) is 6.99. The SMILES string of the molecule is O=C(NC(=NCCCN1CCCCCC1=O)Nc1ccc(Br)cc1)c1ccccc1. The number of nitrogens with one attached hydrogen (secondary N) is 2. The van der Waals surface area contributed by atoms with Crippen molar-refractivity contribution >= 4 is 39.4 Å². The van der Waals surface area contributed by atoms with Gasteiger partial charge in [-0.15, -0.1) is 0 Å². The molecule has 1 heterocycles. The Hall–Kier alpha value is -2.67. The first kappa shape index (κ1) is 22.0. The zero-order valence-corrected chi connectivity index (χ0v) is 18.5. The number of rotatable bonds is 6. The molecule has 6 nitrogen and oxygen atoms in total. The highest BCUT2D eigenvalue weighted by atomic mass is 79.9. The van der Waals surface area contributed by atoms with Gasteiger partial charge < -0.3 is 10.2 Å². The predicted molar refractivity (Wildman–Crippen MR) is 124 cm³/mol. The summed E-state index contributed by atoms with van der Waals surface area (Å²) in [4.78, 5) is 31.2. The van der Waals surface area contributed by atoms with Gasteiger partial charge in [0.2, 0.25) is 11.9 Å². The van der Waals surface area contributed by atoms with E-state index in [1.165, 1.54) is 0 Å². The highest BCUT2D eigenvalue weighted by Crippen LogP contribution is 2.14. The summed E-state index contributed by atoms with van der Waals surface area (Å²) in [5.74, 6) is 0.414. The van der Waals surface area contributed by atoms with Crippen molar-refractivity contribution in [1.29, 1.82) is 0 Å². The number of hydrogen-bond donors (Lipinski definition) is 2. The number of guanidine groups is 1. The molecule has 0 spiro atoms. The zero-order chi connectivity index (χ0) is 21.2. The molecule has 1 fully saturated rings. The summed E-state index contributed by atoms with van der Waals surface area (Å²) in [5, 5.41) is 6.04. The van der Waals surface area contributed by atoms with Crippen LogP contribution in [0.25, 0.3) is 0 Å². The Morgan fingerprint density at radius 3 is 2.57 bits per heavy atom. The van der Waals surface area contributed by atoms with Crippen LogP contribution in [0.1, 0.15) is 42.5 Å². The van der Waals surface area contributed by atoms with Gasteiger partial charge in [0.15, 0.2) is 0 Å². The Balaban J connectivity index is 1.62. The largest absolute Gasteiger partial charge is 0.343 e. The maximum absolute atomic E-state index is 12.6. The third-order valence-corrected chi connectivity index (χ3v) is 5.43. The number of hydrogen-bond acceptors (Lipinski definition) is 3. The van der Waals surface area contributed by atoms with E-state index >= 15 is 0 Å². The second-order valence-electron chi connectivity index (χ2n) is 7.23. The lowest BCUT2D eigenvalue weighted by atomic mass is 10.2. The van der Waals surface area contributed by atoms with Crippen LogP contribution in [0.4, 0.5) is 5.69 Å². The predicted octanol–water partition coefficient (Wildman–Crippen LogP) is 4.44. The number of aliphatic imine (C=N–C) groups is 1. The summed E-state index contributed by atoms with van der Waals surface area (Å²) in [5.41, 5.74) is 1.39. The molecule has 0 aromatic heterocycles. The fourth-order valence-electron chi connectivity index (χ4n) is 3.28. The van der Waals surface area contributed by atoms with Gasteiger partial charge in [0.05, 0.1) is 0 Å². The van der Waals surface area contributed by atoms with Crippen LogP contribution in [0.5, 0.6) is 0 Å². The van der Waals surface area contributed by atoms with E-state index in [2.05, 4.69) is 31.6 Å². The molecular formula is C23H27BrN4O2. The average Bonchev–Trinajstić information content (AvgIpc) is 2.97. The first-order chi connectivity index (χ1) is 14.6. The van der Waals surface area contributed by atoms with Crippen LogP contribution in [0.3, 0.4) is 0 Å². The van der Waals surface area contributed by atoms with E-state index in [0.717, 1.165) is 42.4 Å². The second kappa shape index (κ2) is 11.5. The van der Waals surface area contributed by atoms with E-state index in [4.69, 9.17) is 0 Å². The molecule has 30 heavy (non-hydrogen) atoms. The van der Waals surface area contributed by atoms with Crippen molar-refractivity contribution in [2.45, 2.75) is 32.1 Å². The highest BCUT2D eigenvalue weighted by molar-refractivity contribution is 9.10. The summed E-state index contributed by atoms with van der Waals surface area (Å²) in [6.45, 7) is 2.04. The fraction of sp³-hybridized carbons (Fsp3) is 0.348. The smallest absolute Gasteiger partial charge is 0.257 e. The minimum Gasteiger partial charge on any atom is -0.343 e. The molecule has 0 unspecified atom stereocenters. The molecule has 1 aliphatic rings. The first-order valence-corrected chi connectivity index (χ1v) is 11.1. The highest BCUT2D eigenvalue weighted by Gasteiger charge is 2.15. The molecule has 2 N–H and O–H groups in total. The van der Waals surface area contributed by atoms with Crippen LogP contribution >= 0.6 is 15.9 Å². The second-order valence-corrected chi connectivity index (χ2v) is 8.14. The van der Waals surface area contributed by atoms with Crippen LogP contribution in [0, 0.1) is 0 Å². The zero-order valence-electron chi connectivity index (χ0n) is 16.9. The molecule has 1 aliphatic heterocycles. The monoisotopic (exact) mass is 470 g/mol. The number of carbonyl (C=O) groups excluding carboxylic acids is 2. The van der Waals surface area contributed by atoms with Crippen LogP contribution in [0.15, 0.2) is 64.1 Å². The van der Waals surface area contributed by atoms with Gasteiger partial charge in [-0.05, 0) is 55.7 Å². The molecule has 0 radical (unpaired) electrons. The van der Waals surface area contributed by atoms with E-state index in [0.29, 0.717) is 31.0 Å².